The third kappa shape index (κ3) is 0.884. The lowest BCUT2D eigenvalue weighted by atomic mass is 10.4. The van der Waals surface area contributed by atoms with E-state index in [1.165, 1.54) is 11.3 Å². The summed E-state index contributed by atoms with van der Waals surface area (Å²) in [7, 11) is 0. The normalized spacial score (nSPS) is 10.8. The Hall–Kier alpha value is -1.43. The van der Waals surface area contributed by atoms with Gasteiger partial charge in [0.1, 0.15) is 10.2 Å². The first-order valence-electron chi connectivity index (χ1n) is 3.30. The number of hydrogen-bond donors (Lipinski definition) is 2. The Morgan fingerprint density at radius 3 is 3.00 bits per heavy atom. The molecule has 12 heavy (non-hydrogen) atoms. The van der Waals surface area contributed by atoms with E-state index in [2.05, 4.69) is 15.2 Å². The molecule has 0 radical (unpaired) electrons. The maximum Gasteiger partial charge on any atom is 0.283 e. The Kier molecular flexibility index (Phi) is 1.37. The van der Waals surface area contributed by atoms with Gasteiger partial charge in [0.25, 0.3) is 5.56 Å². The summed E-state index contributed by atoms with van der Waals surface area (Å²) < 4.78 is 0.542. The van der Waals surface area contributed by atoms with E-state index < -0.39 is 0 Å². The fraction of sp³-hybridized carbons (Fsp3) is 0.167. The molecule has 0 aliphatic heterocycles. The summed E-state index contributed by atoms with van der Waals surface area (Å²) >= 11 is 1.18. The molecule has 2 aromatic rings. The highest BCUT2D eigenvalue weighted by atomic mass is 32.1. The SMILES string of the molecule is Cc1n[nH]c(=O)c2sc(N)nc12. The molecule has 62 valence electrons. The second-order valence-corrected chi connectivity index (χ2v) is 3.40. The number of anilines is 1. The molecular formula is C6H6N4OS. The molecule has 6 heteroatoms. The van der Waals surface area contributed by atoms with Crippen molar-refractivity contribution in [2.45, 2.75) is 6.92 Å². The van der Waals surface area contributed by atoms with Crippen LogP contribution in [0.1, 0.15) is 5.69 Å². The van der Waals surface area contributed by atoms with Crippen molar-refractivity contribution < 1.29 is 0 Å². The van der Waals surface area contributed by atoms with Crippen molar-refractivity contribution in [2.75, 3.05) is 5.73 Å². The first-order valence-corrected chi connectivity index (χ1v) is 4.11. The highest BCUT2D eigenvalue weighted by molar-refractivity contribution is 7.22. The van der Waals surface area contributed by atoms with Gasteiger partial charge in [-0.2, -0.15) is 5.10 Å². The molecule has 0 saturated heterocycles. The summed E-state index contributed by atoms with van der Waals surface area (Å²) in [4.78, 5) is 15.1. The predicted molar refractivity (Wildman–Crippen MR) is 47.2 cm³/mol. The van der Waals surface area contributed by atoms with E-state index >= 15 is 0 Å². The molecule has 0 spiro atoms. The van der Waals surface area contributed by atoms with Crippen LogP contribution in [0, 0.1) is 6.92 Å². The van der Waals surface area contributed by atoms with Gasteiger partial charge in [-0.3, -0.25) is 4.79 Å². The summed E-state index contributed by atoms with van der Waals surface area (Å²) in [6, 6.07) is 0. The van der Waals surface area contributed by atoms with Gasteiger partial charge < -0.3 is 5.73 Å². The number of thiazole rings is 1. The van der Waals surface area contributed by atoms with Crippen molar-refractivity contribution >= 4 is 26.7 Å². The van der Waals surface area contributed by atoms with Crippen molar-refractivity contribution in [1.82, 2.24) is 15.2 Å². The third-order valence-corrected chi connectivity index (χ3v) is 2.40. The number of nitrogens with two attached hydrogens (primary N) is 1. The first-order chi connectivity index (χ1) is 5.68. The van der Waals surface area contributed by atoms with Gasteiger partial charge in [-0.05, 0) is 6.92 Å². The monoisotopic (exact) mass is 182 g/mol. The largest absolute Gasteiger partial charge is 0.375 e. The molecule has 2 heterocycles. The molecular weight excluding hydrogens is 176 g/mol. The number of fused-ring (bicyclic) bond motifs is 1. The van der Waals surface area contributed by atoms with E-state index in [-0.39, 0.29) is 5.56 Å². The summed E-state index contributed by atoms with van der Waals surface area (Å²) in [6.45, 7) is 1.78. The minimum Gasteiger partial charge on any atom is -0.375 e. The Balaban J connectivity index is 3.03. The molecule has 2 rings (SSSR count). The zero-order valence-corrected chi connectivity index (χ0v) is 7.10. The topological polar surface area (TPSA) is 84.7 Å². The van der Waals surface area contributed by atoms with Crippen molar-refractivity contribution in [2.24, 2.45) is 0 Å². The highest BCUT2D eigenvalue weighted by Gasteiger charge is 2.07. The van der Waals surface area contributed by atoms with Crippen LogP contribution in [0.5, 0.6) is 0 Å². The molecule has 0 atom stereocenters. The van der Waals surface area contributed by atoms with Crippen LogP contribution in [0.4, 0.5) is 5.13 Å². The van der Waals surface area contributed by atoms with Gasteiger partial charge in [0.05, 0.1) is 5.69 Å². The fourth-order valence-electron chi connectivity index (χ4n) is 0.974. The lowest BCUT2D eigenvalue weighted by Crippen LogP contribution is -2.07. The summed E-state index contributed by atoms with van der Waals surface area (Å²) in [6.07, 6.45) is 0. The maximum atomic E-state index is 11.1. The van der Waals surface area contributed by atoms with Crippen LogP contribution in [0.15, 0.2) is 4.79 Å². The van der Waals surface area contributed by atoms with Crippen LogP contribution in [-0.4, -0.2) is 15.2 Å². The second kappa shape index (κ2) is 2.28. The van der Waals surface area contributed by atoms with E-state index in [9.17, 15) is 4.79 Å². The average molecular weight is 182 g/mol. The molecule has 5 nitrogen and oxygen atoms in total. The van der Waals surface area contributed by atoms with Gasteiger partial charge in [-0.15, -0.1) is 0 Å². The van der Waals surface area contributed by atoms with E-state index in [1.54, 1.807) is 6.92 Å². The number of hydrogen-bond acceptors (Lipinski definition) is 5. The summed E-state index contributed by atoms with van der Waals surface area (Å²) in [5, 5.41) is 6.53. The molecule has 0 aliphatic carbocycles. The maximum absolute atomic E-state index is 11.1. The van der Waals surface area contributed by atoms with Gasteiger partial charge >= 0.3 is 0 Å². The Morgan fingerprint density at radius 2 is 2.33 bits per heavy atom. The van der Waals surface area contributed by atoms with Crippen LogP contribution >= 0.6 is 11.3 Å². The van der Waals surface area contributed by atoms with Crippen molar-refractivity contribution in [3.8, 4) is 0 Å². The minimum absolute atomic E-state index is 0.232. The van der Waals surface area contributed by atoms with Crippen LogP contribution in [0.3, 0.4) is 0 Å². The molecule has 0 bridgehead atoms. The van der Waals surface area contributed by atoms with Gasteiger partial charge in [0.15, 0.2) is 5.13 Å². The summed E-state index contributed by atoms with van der Waals surface area (Å²) in [5.41, 5.74) is 6.51. The van der Waals surface area contributed by atoms with Crippen molar-refractivity contribution in [1.29, 1.82) is 0 Å². The number of nitrogen functional groups attached to an aromatic ring is 1. The molecule has 0 aliphatic rings. The van der Waals surface area contributed by atoms with E-state index in [0.29, 0.717) is 21.0 Å². The molecule has 2 aromatic heterocycles. The number of aromatic nitrogens is 3. The lowest BCUT2D eigenvalue weighted by molar-refractivity contribution is 0.968. The second-order valence-electron chi connectivity index (χ2n) is 2.37. The zero-order valence-electron chi connectivity index (χ0n) is 6.29. The van der Waals surface area contributed by atoms with Crippen LogP contribution in [-0.2, 0) is 0 Å². The van der Waals surface area contributed by atoms with Crippen molar-refractivity contribution in [3.05, 3.63) is 16.0 Å². The molecule has 3 N–H and O–H groups in total. The van der Waals surface area contributed by atoms with Crippen LogP contribution < -0.4 is 11.3 Å². The third-order valence-electron chi connectivity index (χ3n) is 1.52. The Morgan fingerprint density at radius 1 is 1.58 bits per heavy atom. The van der Waals surface area contributed by atoms with E-state index in [1.807, 2.05) is 0 Å². The van der Waals surface area contributed by atoms with Gasteiger partial charge in [0.2, 0.25) is 0 Å². The number of aromatic amines is 1. The standard InChI is InChI=1S/C6H6N4OS/c1-2-3-4(5(11)10-9-2)12-6(7)8-3/h1H3,(H2,7,8)(H,10,11). The van der Waals surface area contributed by atoms with Crippen LogP contribution in [0.2, 0.25) is 0 Å². The number of aryl methyl sites for hydroxylation is 1. The van der Waals surface area contributed by atoms with Crippen molar-refractivity contribution in [3.63, 3.8) is 0 Å². The number of H-pyrrole nitrogens is 1. The smallest absolute Gasteiger partial charge is 0.283 e. The van der Waals surface area contributed by atoms with Crippen LogP contribution in [0.25, 0.3) is 10.2 Å². The summed E-state index contributed by atoms with van der Waals surface area (Å²) in [5.74, 6) is 0. The Bertz CT molecular complexity index is 486. The van der Waals surface area contributed by atoms with Gasteiger partial charge in [-0.25, -0.2) is 10.1 Å². The number of nitrogens with zero attached hydrogens (tertiary/aromatic N) is 2. The molecule has 0 fully saturated rings. The average Bonchev–Trinajstić information content (AvgIpc) is 2.41. The minimum atomic E-state index is -0.232. The number of rotatable bonds is 0. The molecule has 0 amide bonds. The fourth-order valence-corrected chi connectivity index (χ4v) is 1.75. The van der Waals surface area contributed by atoms with E-state index in [0.717, 1.165) is 0 Å². The number of nitrogens with one attached hydrogen (secondary N) is 1. The van der Waals surface area contributed by atoms with Gasteiger partial charge in [-0.1, -0.05) is 11.3 Å². The Labute approximate surface area is 71.2 Å². The molecule has 0 saturated carbocycles. The lowest BCUT2D eigenvalue weighted by Gasteiger charge is -1.89. The van der Waals surface area contributed by atoms with Gasteiger partial charge in [0, 0.05) is 0 Å². The first kappa shape index (κ1) is 7.23. The predicted octanol–water partition coefficient (Wildman–Crippen LogP) is 0.270. The molecule has 0 aromatic carbocycles. The molecule has 0 unspecified atom stereocenters. The van der Waals surface area contributed by atoms with E-state index in [4.69, 9.17) is 5.73 Å². The highest BCUT2D eigenvalue weighted by Crippen LogP contribution is 2.20. The zero-order chi connectivity index (χ0) is 8.72. The quantitative estimate of drug-likeness (QED) is 0.612.